The summed E-state index contributed by atoms with van der Waals surface area (Å²) in [7, 11) is 0. The Labute approximate surface area is 168 Å². The quantitative estimate of drug-likeness (QED) is 0.653. The van der Waals surface area contributed by atoms with Gasteiger partial charge in [-0.25, -0.2) is 9.78 Å². The first-order chi connectivity index (χ1) is 13.5. The number of amides is 3. The number of imide groups is 1. The third-order valence-corrected chi connectivity index (χ3v) is 6.08. The molecule has 1 N–H and O–H groups in total. The smallest absolute Gasteiger partial charge is 0.319 e. The number of hydrogen-bond acceptors (Lipinski definition) is 4. The summed E-state index contributed by atoms with van der Waals surface area (Å²) in [6.45, 7) is 4.12. The van der Waals surface area contributed by atoms with Crippen LogP contribution in [0.4, 0.5) is 4.79 Å². The topological polar surface area (TPSA) is 62.3 Å². The molecule has 3 aromatic rings. The molecule has 1 saturated heterocycles. The molecule has 1 aromatic heterocycles. The fourth-order valence-electron chi connectivity index (χ4n) is 3.50. The minimum absolute atomic E-state index is 0.168. The van der Waals surface area contributed by atoms with Crippen molar-refractivity contribution in [2.45, 2.75) is 32.4 Å². The molecule has 4 rings (SSSR count). The Bertz CT molecular complexity index is 1010. The molecule has 0 spiro atoms. The molecule has 1 atom stereocenters. The number of rotatable bonds is 5. The lowest BCUT2D eigenvalue weighted by molar-refractivity contribution is -0.132. The zero-order valence-electron chi connectivity index (χ0n) is 15.8. The number of benzene rings is 2. The van der Waals surface area contributed by atoms with Crippen molar-refractivity contribution in [2.75, 3.05) is 0 Å². The number of hydrogen-bond donors (Lipinski definition) is 1. The van der Waals surface area contributed by atoms with E-state index in [2.05, 4.69) is 10.3 Å². The summed E-state index contributed by atoms with van der Waals surface area (Å²) in [6.07, 6.45) is 0.490. The third kappa shape index (κ3) is 3.10. The predicted octanol–water partition coefficient (Wildman–Crippen LogP) is 4.48. The van der Waals surface area contributed by atoms with Gasteiger partial charge in [0, 0.05) is 10.9 Å². The van der Waals surface area contributed by atoms with Gasteiger partial charge < -0.3 is 5.32 Å². The Balaban J connectivity index is 1.58. The molecule has 2 heterocycles. The maximum absolute atomic E-state index is 13.2. The predicted molar refractivity (Wildman–Crippen MR) is 110 cm³/mol. The molecule has 0 saturated carbocycles. The lowest BCUT2D eigenvalue weighted by atomic mass is 9.87. The van der Waals surface area contributed by atoms with E-state index in [0.29, 0.717) is 12.1 Å². The molecule has 0 aliphatic carbocycles. The minimum atomic E-state index is -1.01. The van der Waals surface area contributed by atoms with Crippen molar-refractivity contribution in [2.24, 2.45) is 0 Å². The molecule has 1 aliphatic heterocycles. The Morgan fingerprint density at radius 3 is 2.46 bits per heavy atom. The Kier molecular flexibility index (Phi) is 4.73. The summed E-state index contributed by atoms with van der Waals surface area (Å²) in [5, 5.41) is 5.70. The van der Waals surface area contributed by atoms with E-state index in [-0.39, 0.29) is 18.5 Å². The lowest BCUT2D eigenvalue weighted by Crippen LogP contribution is -2.43. The molecule has 5 nitrogen and oxygen atoms in total. The second kappa shape index (κ2) is 7.20. The fourth-order valence-corrected chi connectivity index (χ4v) is 4.32. The first kappa shape index (κ1) is 18.4. The molecule has 2 aromatic carbocycles. The van der Waals surface area contributed by atoms with E-state index < -0.39 is 5.54 Å². The van der Waals surface area contributed by atoms with Gasteiger partial charge in [0.05, 0.1) is 12.2 Å². The largest absolute Gasteiger partial charge is 0.325 e. The van der Waals surface area contributed by atoms with Crippen molar-refractivity contribution >= 4 is 23.3 Å². The van der Waals surface area contributed by atoms with E-state index in [1.54, 1.807) is 0 Å². The second-order valence-electron chi connectivity index (χ2n) is 6.96. The van der Waals surface area contributed by atoms with Gasteiger partial charge in [0.15, 0.2) is 0 Å². The standard InChI is InChI=1S/C22H21N3O2S/c1-3-22(17-7-5-4-6-8-17)20(26)25(21(27)24-22)13-18-14-28-19(23-18)16-11-9-15(2)10-12-16/h4-12,14H,3,13H2,1-2H3,(H,24,27)/t22-/m0/s1. The summed E-state index contributed by atoms with van der Waals surface area (Å²) in [5.74, 6) is -0.226. The van der Waals surface area contributed by atoms with Crippen LogP contribution in [0.3, 0.4) is 0 Å². The van der Waals surface area contributed by atoms with Crippen LogP contribution in [0.5, 0.6) is 0 Å². The van der Waals surface area contributed by atoms with Gasteiger partial charge in [-0.15, -0.1) is 11.3 Å². The fraction of sp³-hybridized carbons (Fsp3) is 0.227. The van der Waals surface area contributed by atoms with E-state index in [4.69, 9.17) is 0 Å². The summed E-state index contributed by atoms with van der Waals surface area (Å²) < 4.78 is 0. The highest BCUT2D eigenvalue weighted by Gasteiger charge is 2.51. The minimum Gasteiger partial charge on any atom is -0.319 e. The number of aromatic nitrogens is 1. The molecular weight excluding hydrogens is 370 g/mol. The van der Waals surface area contributed by atoms with Gasteiger partial charge >= 0.3 is 6.03 Å². The molecule has 0 radical (unpaired) electrons. The van der Waals surface area contributed by atoms with Crippen LogP contribution >= 0.6 is 11.3 Å². The van der Waals surface area contributed by atoms with Crippen LogP contribution in [0.15, 0.2) is 60.0 Å². The monoisotopic (exact) mass is 391 g/mol. The van der Waals surface area contributed by atoms with E-state index in [1.807, 2.05) is 73.8 Å². The van der Waals surface area contributed by atoms with Gasteiger partial charge in [-0.2, -0.15) is 0 Å². The zero-order valence-corrected chi connectivity index (χ0v) is 16.6. The number of urea groups is 1. The van der Waals surface area contributed by atoms with Gasteiger partial charge in [0.1, 0.15) is 10.5 Å². The van der Waals surface area contributed by atoms with Crippen LogP contribution in [-0.2, 0) is 16.9 Å². The normalized spacial score (nSPS) is 19.1. The highest BCUT2D eigenvalue weighted by molar-refractivity contribution is 7.13. The van der Waals surface area contributed by atoms with Crippen molar-refractivity contribution in [1.82, 2.24) is 15.2 Å². The first-order valence-electron chi connectivity index (χ1n) is 9.24. The number of carbonyl (C=O) groups excluding carboxylic acids is 2. The van der Waals surface area contributed by atoms with Crippen molar-refractivity contribution in [3.05, 3.63) is 76.8 Å². The Morgan fingerprint density at radius 1 is 1.07 bits per heavy atom. The number of nitrogens with zero attached hydrogens (tertiary/aromatic N) is 2. The van der Waals surface area contributed by atoms with E-state index >= 15 is 0 Å². The van der Waals surface area contributed by atoms with Crippen molar-refractivity contribution < 1.29 is 9.59 Å². The van der Waals surface area contributed by atoms with Crippen LogP contribution in [0.1, 0.15) is 30.2 Å². The van der Waals surface area contributed by atoms with Crippen LogP contribution in [0.25, 0.3) is 10.6 Å². The summed E-state index contributed by atoms with van der Waals surface area (Å²) in [6, 6.07) is 17.2. The summed E-state index contributed by atoms with van der Waals surface area (Å²) in [5.41, 5.74) is 2.73. The average Bonchev–Trinajstić information content (AvgIpc) is 3.28. The molecule has 1 aliphatic rings. The van der Waals surface area contributed by atoms with Crippen LogP contribution in [0.2, 0.25) is 0 Å². The highest BCUT2D eigenvalue weighted by atomic mass is 32.1. The zero-order chi connectivity index (χ0) is 19.7. The second-order valence-corrected chi connectivity index (χ2v) is 7.81. The molecule has 142 valence electrons. The van der Waals surface area contributed by atoms with Crippen molar-refractivity contribution in [3.8, 4) is 10.6 Å². The average molecular weight is 391 g/mol. The number of aryl methyl sites for hydroxylation is 1. The number of thiazole rings is 1. The van der Waals surface area contributed by atoms with Gasteiger partial charge in [-0.3, -0.25) is 9.69 Å². The van der Waals surface area contributed by atoms with Crippen LogP contribution in [0, 0.1) is 6.92 Å². The molecule has 28 heavy (non-hydrogen) atoms. The summed E-state index contributed by atoms with van der Waals surface area (Å²) >= 11 is 1.52. The van der Waals surface area contributed by atoms with Crippen LogP contribution in [-0.4, -0.2) is 21.8 Å². The third-order valence-electron chi connectivity index (χ3n) is 5.14. The van der Waals surface area contributed by atoms with Gasteiger partial charge in [0.2, 0.25) is 0 Å². The molecule has 0 unspecified atom stereocenters. The van der Waals surface area contributed by atoms with Gasteiger partial charge in [0.25, 0.3) is 5.91 Å². The van der Waals surface area contributed by atoms with E-state index in [1.165, 1.54) is 21.8 Å². The maximum atomic E-state index is 13.2. The molecular formula is C22H21N3O2S. The Hall–Kier alpha value is -2.99. The number of nitrogens with one attached hydrogen (secondary N) is 1. The Morgan fingerprint density at radius 2 is 1.79 bits per heavy atom. The van der Waals surface area contributed by atoms with E-state index in [0.717, 1.165) is 16.1 Å². The molecule has 3 amide bonds. The SMILES string of the molecule is CC[C@@]1(c2ccccc2)NC(=O)N(Cc2csc(-c3ccc(C)cc3)n2)C1=O. The lowest BCUT2D eigenvalue weighted by Gasteiger charge is -2.25. The van der Waals surface area contributed by atoms with Crippen molar-refractivity contribution in [3.63, 3.8) is 0 Å². The summed E-state index contributed by atoms with van der Waals surface area (Å²) in [4.78, 5) is 31.7. The van der Waals surface area contributed by atoms with Crippen LogP contribution < -0.4 is 5.32 Å². The molecule has 6 heteroatoms. The van der Waals surface area contributed by atoms with E-state index in [9.17, 15) is 9.59 Å². The van der Waals surface area contributed by atoms with Crippen molar-refractivity contribution in [1.29, 1.82) is 0 Å². The highest BCUT2D eigenvalue weighted by Crippen LogP contribution is 2.33. The molecule has 1 fully saturated rings. The first-order valence-corrected chi connectivity index (χ1v) is 10.1. The molecule has 0 bridgehead atoms. The maximum Gasteiger partial charge on any atom is 0.325 e. The van der Waals surface area contributed by atoms with Gasteiger partial charge in [-0.05, 0) is 18.9 Å². The van der Waals surface area contributed by atoms with Gasteiger partial charge in [-0.1, -0.05) is 67.1 Å². The number of carbonyl (C=O) groups is 2.